The molecule has 130 valence electrons. The Hall–Kier alpha value is -3.19. The van der Waals surface area contributed by atoms with Gasteiger partial charge in [-0.2, -0.15) is 5.10 Å². The van der Waals surface area contributed by atoms with Crippen LogP contribution >= 0.6 is 11.6 Å². The molecule has 3 heterocycles. The molecule has 1 aliphatic rings. The number of hydrogen-bond acceptors (Lipinski definition) is 5. The SMILES string of the molecule is O=C1CCC(=Cc2cnn3ccc(Nc4cccc(Cl)c4)nc23)C(=O)N1. The molecule has 2 amide bonds. The van der Waals surface area contributed by atoms with Gasteiger partial charge in [0.1, 0.15) is 5.82 Å². The maximum absolute atomic E-state index is 11.9. The van der Waals surface area contributed by atoms with E-state index < -0.39 is 0 Å². The van der Waals surface area contributed by atoms with E-state index in [0.29, 0.717) is 40.5 Å². The normalized spacial score (nSPS) is 16.1. The molecule has 0 spiro atoms. The molecule has 0 saturated carbocycles. The van der Waals surface area contributed by atoms with Crippen LogP contribution in [0.3, 0.4) is 0 Å². The molecule has 1 aliphatic heterocycles. The van der Waals surface area contributed by atoms with Crippen LogP contribution in [0.2, 0.25) is 5.02 Å². The van der Waals surface area contributed by atoms with Crippen LogP contribution in [-0.2, 0) is 9.59 Å². The van der Waals surface area contributed by atoms with Gasteiger partial charge in [-0.25, -0.2) is 9.50 Å². The molecule has 7 nitrogen and oxygen atoms in total. The smallest absolute Gasteiger partial charge is 0.253 e. The van der Waals surface area contributed by atoms with E-state index in [1.54, 1.807) is 41.2 Å². The monoisotopic (exact) mass is 367 g/mol. The largest absolute Gasteiger partial charge is 0.340 e. The molecule has 0 bridgehead atoms. The van der Waals surface area contributed by atoms with E-state index in [9.17, 15) is 9.59 Å². The average molecular weight is 368 g/mol. The summed E-state index contributed by atoms with van der Waals surface area (Å²) in [6.45, 7) is 0. The van der Waals surface area contributed by atoms with Crippen molar-refractivity contribution in [2.75, 3.05) is 5.32 Å². The zero-order valence-electron chi connectivity index (χ0n) is 13.6. The lowest BCUT2D eigenvalue weighted by molar-refractivity contribution is -0.130. The first-order valence-electron chi connectivity index (χ1n) is 8.00. The minimum Gasteiger partial charge on any atom is -0.340 e. The predicted octanol–water partition coefficient (Wildman–Crippen LogP) is 2.95. The van der Waals surface area contributed by atoms with E-state index >= 15 is 0 Å². The lowest BCUT2D eigenvalue weighted by atomic mass is 10.0. The molecule has 26 heavy (non-hydrogen) atoms. The highest BCUT2D eigenvalue weighted by Crippen LogP contribution is 2.22. The van der Waals surface area contributed by atoms with E-state index in [2.05, 4.69) is 20.7 Å². The highest BCUT2D eigenvalue weighted by molar-refractivity contribution is 6.30. The van der Waals surface area contributed by atoms with Crippen LogP contribution in [0, 0.1) is 0 Å². The molecule has 0 radical (unpaired) electrons. The number of benzene rings is 1. The van der Waals surface area contributed by atoms with E-state index in [0.717, 1.165) is 5.69 Å². The molecule has 1 saturated heterocycles. The summed E-state index contributed by atoms with van der Waals surface area (Å²) >= 11 is 6.00. The van der Waals surface area contributed by atoms with Gasteiger partial charge in [0.15, 0.2) is 5.65 Å². The van der Waals surface area contributed by atoms with Gasteiger partial charge >= 0.3 is 0 Å². The molecule has 0 unspecified atom stereocenters. The van der Waals surface area contributed by atoms with Gasteiger partial charge < -0.3 is 5.32 Å². The first-order chi connectivity index (χ1) is 12.6. The van der Waals surface area contributed by atoms with Crippen LogP contribution < -0.4 is 10.6 Å². The summed E-state index contributed by atoms with van der Waals surface area (Å²) in [7, 11) is 0. The number of carbonyl (C=O) groups is 2. The number of amides is 2. The van der Waals surface area contributed by atoms with Crippen molar-refractivity contribution in [3.63, 3.8) is 0 Å². The van der Waals surface area contributed by atoms with Crippen LogP contribution in [-0.4, -0.2) is 26.4 Å². The van der Waals surface area contributed by atoms with Crippen LogP contribution in [0.1, 0.15) is 18.4 Å². The molecule has 1 fully saturated rings. The van der Waals surface area contributed by atoms with Crippen molar-refractivity contribution >= 4 is 46.6 Å². The summed E-state index contributed by atoms with van der Waals surface area (Å²) in [5.74, 6) is 0.00939. The molecular formula is C18H14ClN5O2. The lowest BCUT2D eigenvalue weighted by Gasteiger charge is -2.13. The Kier molecular flexibility index (Phi) is 4.14. The summed E-state index contributed by atoms with van der Waals surface area (Å²) < 4.78 is 1.63. The van der Waals surface area contributed by atoms with Crippen LogP contribution in [0.5, 0.6) is 0 Å². The van der Waals surface area contributed by atoms with Gasteiger partial charge in [-0.05, 0) is 36.8 Å². The number of aromatic nitrogens is 3. The van der Waals surface area contributed by atoms with Gasteiger partial charge in [0.05, 0.1) is 6.20 Å². The summed E-state index contributed by atoms with van der Waals surface area (Å²) in [6.07, 6.45) is 5.85. The number of rotatable bonds is 3. The molecule has 0 aliphatic carbocycles. The van der Waals surface area contributed by atoms with E-state index in [1.165, 1.54) is 0 Å². The number of anilines is 2. The molecule has 8 heteroatoms. The maximum Gasteiger partial charge on any atom is 0.253 e. The second kappa shape index (κ2) is 6.61. The lowest BCUT2D eigenvalue weighted by Crippen LogP contribution is -2.35. The number of nitrogens with zero attached hydrogens (tertiary/aromatic N) is 3. The summed E-state index contributed by atoms with van der Waals surface area (Å²) in [6, 6.07) is 9.13. The maximum atomic E-state index is 11.9. The molecule has 2 N–H and O–H groups in total. The highest BCUT2D eigenvalue weighted by Gasteiger charge is 2.20. The van der Waals surface area contributed by atoms with Crippen molar-refractivity contribution in [1.82, 2.24) is 19.9 Å². The molecule has 3 aromatic rings. The van der Waals surface area contributed by atoms with Gasteiger partial charge in [0, 0.05) is 34.5 Å². The Morgan fingerprint density at radius 3 is 2.92 bits per heavy atom. The van der Waals surface area contributed by atoms with Crippen LogP contribution in [0.15, 0.2) is 48.3 Å². The number of fused-ring (bicyclic) bond motifs is 1. The number of carbonyl (C=O) groups excluding carboxylic acids is 2. The quantitative estimate of drug-likeness (QED) is 0.549. The zero-order valence-corrected chi connectivity index (χ0v) is 14.3. The van der Waals surface area contributed by atoms with Crippen LogP contribution in [0.4, 0.5) is 11.5 Å². The number of halogens is 1. The Labute approximate surface area is 153 Å². The van der Waals surface area contributed by atoms with Crippen molar-refractivity contribution in [2.45, 2.75) is 12.8 Å². The van der Waals surface area contributed by atoms with E-state index in [1.807, 2.05) is 12.1 Å². The van der Waals surface area contributed by atoms with Gasteiger partial charge in [-0.1, -0.05) is 17.7 Å². The van der Waals surface area contributed by atoms with Crippen molar-refractivity contribution in [3.05, 3.63) is 58.9 Å². The Morgan fingerprint density at radius 2 is 2.12 bits per heavy atom. The second-order valence-corrected chi connectivity index (χ2v) is 6.30. The van der Waals surface area contributed by atoms with Crippen LogP contribution in [0.25, 0.3) is 11.7 Å². The summed E-state index contributed by atoms with van der Waals surface area (Å²) in [4.78, 5) is 27.8. The van der Waals surface area contributed by atoms with Crippen molar-refractivity contribution in [2.24, 2.45) is 0 Å². The molecular weight excluding hydrogens is 354 g/mol. The second-order valence-electron chi connectivity index (χ2n) is 5.86. The number of nitrogens with one attached hydrogen (secondary N) is 2. The first-order valence-corrected chi connectivity index (χ1v) is 8.38. The van der Waals surface area contributed by atoms with Gasteiger partial charge in [0.25, 0.3) is 5.91 Å². The molecule has 2 aromatic heterocycles. The zero-order chi connectivity index (χ0) is 18.1. The number of imide groups is 1. The minimum atomic E-state index is -0.367. The van der Waals surface area contributed by atoms with Gasteiger partial charge in [-0.3, -0.25) is 14.9 Å². The third kappa shape index (κ3) is 3.29. The van der Waals surface area contributed by atoms with E-state index in [4.69, 9.17) is 11.6 Å². The topological polar surface area (TPSA) is 88.4 Å². The Bertz CT molecular complexity index is 1060. The summed E-state index contributed by atoms with van der Waals surface area (Å²) in [5, 5.41) is 10.4. The number of piperidine rings is 1. The van der Waals surface area contributed by atoms with Crippen molar-refractivity contribution < 1.29 is 9.59 Å². The van der Waals surface area contributed by atoms with Gasteiger partial charge in [-0.15, -0.1) is 0 Å². The molecule has 4 rings (SSSR count). The van der Waals surface area contributed by atoms with Crippen molar-refractivity contribution in [1.29, 1.82) is 0 Å². The molecule has 0 atom stereocenters. The predicted molar refractivity (Wildman–Crippen MR) is 98.1 cm³/mol. The Balaban J connectivity index is 1.66. The third-order valence-corrected chi connectivity index (χ3v) is 4.22. The minimum absolute atomic E-state index is 0.252. The summed E-state index contributed by atoms with van der Waals surface area (Å²) in [5.41, 5.74) is 2.67. The molecule has 1 aromatic carbocycles. The van der Waals surface area contributed by atoms with E-state index in [-0.39, 0.29) is 11.8 Å². The van der Waals surface area contributed by atoms with Crippen molar-refractivity contribution in [3.8, 4) is 0 Å². The van der Waals surface area contributed by atoms with Gasteiger partial charge in [0.2, 0.25) is 5.91 Å². The number of hydrogen-bond donors (Lipinski definition) is 2. The standard InChI is InChI=1S/C18H14ClN5O2/c19-13-2-1-3-14(9-13)21-15-6-7-24-17(22-15)12(10-20-24)8-11-4-5-16(25)23-18(11)26/h1-3,6-10H,4-5H2,(H,21,22)(H,23,25,26). The fourth-order valence-corrected chi connectivity index (χ4v) is 2.92. The fraction of sp³-hybridized carbons (Fsp3) is 0.111. The first kappa shape index (κ1) is 16.3. The Morgan fingerprint density at radius 1 is 1.23 bits per heavy atom. The average Bonchev–Trinajstić information content (AvgIpc) is 3.00. The fourth-order valence-electron chi connectivity index (χ4n) is 2.73. The third-order valence-electron chi connectivity index (χ3n) is 3.99. The highest BCUT2D eigenvalue weighted by atomic mass is 35.5.